The van der Waals surface area contributed by atoms with Gasteiger partial charge in [-0.3, -0.25) is 4.98 Å². The first-order chi connectivity index (χ1) is 11.0. The molecule has 0 bridgehead atoms. The Morgan fingerprint density at radius 1 is 1.00 bits per heavy atom. The fourth-order valence-corrected chi connectivity index (χ4v) is 2.86. The van der Waals surface area contributed by atoms with Crippen molar-refractivity contribution in [2.45, 2.75) is 12.2 Å². The summed E-state index contributed by atoms with van der Waals surface area (Å²) >= 11 is 0.924. The molecule has 0 aliphatic rings. The Balaban J connectivity index is 1.92. The molecule has 3 nitrogen and oxygen atoms in total. The molecule has 0 fully saturated rings. The Bertz CT molecular complexity index is 718. The Hall–Kier alpha value is -2.41. The van der Waals surface area contributed by atoms with Crippen molar-refractivity contribution < 1.29 is 13.2 Å². The molecule has 7 heteroatoms. The van der Waals surface area contributed by atoms with Gasteiger partial charge in [0.25, 0.3) is 0 Å². The molecule has 0 saturated carbocycles. The zero-order valence-electron chi connectivity index (χ0n) is 11.8. The topological polar surface area (TPSA) is 37.8 Å². The number of pyridine rings is 1. The molecular weight excluding hydrogens is 323 g/mol. The summed E-state index contributed by atoms with van der Waals surface area (Å²) < 4.78 is 38.1. The zero-order chi connectivity index (χ0) is 16.3. The van der Waals surface area contributed by atoms with Crippen LogP contribution in [-0.2, 0) is 6.18 Å². The predicted octanol–water partition coefficient (Wildman–Crippen LogP) is 4.76. The minimum atomic E-state index is -4.44. The molecule has 1 unspecified atom stereocenters. The standard InChI is InChI=1S/C16H12F3N3S/c17-16(18,19)13-10-23-15(21-13)22-14(11-6-2-1-3-7-11)12-8-4-5-9-20-12/h1-10,14H,(H,21,22). The van der Waals surface area contributed by atoms with E-state index in [0.717, 1.165) is 22.3 Å². The number of nitrogens with zero attached hydrogens (tertiary/aromatic N) is 2. The molecule has 0 spiro atoms. The molecule has 3 rings (SSSR count). The minimum Gasteiger partial charge on any atom is -0.349 e. The van der Waals surface area contributed by atoms with Gasteiger partial charge in [-0.05, 0) is 17.7 Å². The highest BCUT2D eigenvalue weighted by Gasteiger charge is 2.34. The lowest BCUT2D eigenvalue weighted by molar-refractivity contribution is -0.140. The number of rotatable bonds is 4. The van der Waals surface area contributed by atoms with E-state index in [1.54, 1.807) is 12.3 Å². The number of thiazole rings is 1. The second-order valence-electron chi connectivity index (χ2n) is 4.78. The average molecular weight is 335 g/mol. The lowest BCUT2D eigenvalue weighted by Crippen LogP contribution is -2.14. The average Bonchev–Trinajstić information content (AvgIpc) is 3.03. The lowest BCUT2D eigenvalue weighted by Gasteiger charge is -2.18. The maximum Gasteiger partial charge on any atom is 0.434 e. The summed E-state index contributed by atoms with van der Waals surface area (Å²) in [6.45, 7) is 0. The van der Waals surface area contributed by atoms with E-state index in [2.05, 4.69) is 15.3 Å². The summed E-state index contributed by atoms with van der Waals surface area (Å²) in [5.41, 5.74) is 0.718. The Kier molecular flexibility index (Phi) is 4.29. The normalized spacial score (nSPS) is 12.8. The van der Waals surface area contributed by atoms with Crippen molar-refractivity contribution in [1.82, 2.24) is 9.97 Å². The smallest absolute Gasteiger partial charge is 0.349 e. The Labute approximate surface area is 134 Å². The van der Waals surface area contributed by atoms with Crippen LogP contribution in [0.1, 0.15) is 23.0 Å². The van der Waals surface area contributed by atoms with Gasteiger partial charge in [-0.15, -0.1) is 11.3 Å². The second-order valence-corrected chi connectivity index (χ2v) is 5.64. The van der Waals surface area contributed by atoms with Crippen LogP contribution in [0, 0.1) is 0 Å². The fraction of sp³-hybridized carbons (Fsp3) is 0.125. The third kappa shape index (κ3) is 3.68. The van der Waals surface area contributed by atoms with Crippen LogP contribution >= 0.6 is 11.3 Å². The van der Waals surface area contributed by atoms with E-state index in [-0.39, 0.29) is 11.2 Å². The molecule has 23 heavy (non-hydrogen) atoms. The largest absolute Gasteiger partial charge is 0.434 e. The van der Waals surface area contributed by atoms with Crippen molar-refractivity contribution in [3.63, 3.8) is 0 Å². The molecule has 3 aromatic rings. The third-order valence-electron chi connectivity index (χ3n) is 3.18. The zero-order valence-corrected chi connectivity index (χ0v) is 12.6. The van der Waals surface area contributed by atoms with Gasteiger partial charge in [-0.25, -0.2) is 4.98 Å². The minimum absolute atomic E-state index is 0.205. The maximum absolute atomic E-state index is 12.7. The van der Waals surface area contributed by atoms with Crippen LogP contribution in [0.4, 0.5) is 18.3 Å². The van der Waals surface area contributed by atoms with Gasteiger partial charge < -0.3 is 5.32 Å². The highest BCUT2D eigenvalue weighted by atomic mass is 32.1. The van der Waals surface area contributed by atoms with Crippen LogP contribution in [0.5, 0.6) is 0 Å². The quantitative estimate of drug-likeness (QED) is 0.747. The summed E-state index contributed by atoms with van der Waals surface area (Å²) in [4.78, 5) is 7.93. The van der Waals surface area contributed by atoms with E-state index in [4.69, 9.17) is 0 Å². The number of hydrogen-bond donors (Lipinski definition) is 1. The number of hydrogen-bond acceptors (Lipinski definition) is 4. The van der Waals surface area contributed by atoms with E-state index >= 15 is 0 Å². The van der Waals surface area contributed by atoms with E-state index in [9.17, 15) is 13.2 Å². The first-order valence-electron chi connectivity index (χ1n) is 6.79. The van der Waals surface area contributed by atoms with Gasteiger partial charge in [-0.1, -0.05) is 36.4 Å². The van der Waals surface area contributed by atoms with Crippen LogP contribution in [0.25, 0.3) is 0 Å². The molecular formula is C16H12F3N3S. The van der Waals surface area contributed by atoms with Crippen molar-refractivity contribution in [3.05, 3.63) is 77.1 Å². The number of aromatic nitrogens is 2. The Morgan fingerprint density at radius 2 is 1.74 bits per heavy atom. The molecule has 0 amide bonds. The van der Waals surface area contributed by atoms with Crippen molar-refractivity contribution in [2.24, 2.45) is 0 Å². The van der Waals surface area contributed by atoms with Gasteiger partial charge in [-0.2, -0.15) is 13.2 Å². The van der Waals surface area contributed by atoms with Crippen LogP contribution < -0.4 is 5.32 Å². The molecule has 1 N–H and O–H groups in total. The first kappa shape index (κ1) is 15.5. The molecule has 0 saturated heterocycles. The van der Waals surface area contributed by atoms with Crippen molar-refractivity contribution in [1.29, 1.82) is 0 Å². The summed E-state index contributed by atoms with van der Waals surface area (Å²) in [5, 5.41) is 4.26. The second kappa shape index (κ2) is 6.37. The Morgan fingerprint density at radius 3 is 2.35 bits per heavy atom. The molecule has 1 atom stereocenters. The summed E-state index contributed by atoms with van der Waals surface area (Å²) in [6.07, 6.45) is -2.79. The van der Waals surface area contributed by atoms with Crippen molar-refractivity contribution in [2.75, 3.05) is 5.32 Å². The highest BCUT2D eigenvalue weighted by molar-refractivity contribution is 7.13. The van der Waals surface area contributed by atoms with Crippen LogP contribution in [0.3, 0.4) is 0 Å². The molecule has 0 aliphatic carbocycles. The molecule has 0 aliphatic heterocycles. The van der Waals surface area contributed by atoms with Gasteiger partial charge in [0.2, 0.25) is 0 Å². The van der Waals surface area contributed by atoms with E-state index in [0.29, 0.717) is 5.69 Å². The van der Waals surface area contributed by atoms with Crippen molar-refractivity contribution >= 4 is 16.5 Å². The van der Waals surface area contributed by atoms with E-state index in [1.807, 2.05) is 42.5 Å². The van der Waals surface area contributed by atoms with Gasteiger partial charge >= 0.3 is 6.18 Å². The van der Waals surface area contributed by atoms with Gasteiger partial charge in [0.05, 0.1) is 11.7 Å². The molecule has 118 valence electrons. The van der Waals surface area contributed by atoms with Gasteiger partial charge in [0, 0.05) is 11.6 Å². The van der Waals surface area contributed by atoms with Crippen molar-refractivity contribution in [3.8, 4) is 0 Å². The lowest BCUT2D eigenvalue weighted by atomic mass is 10.0. The number of nitrogens with one attached hydrogen (secondary N) is 1. The summed E-state index contributed by atoms with van der Waals surface area (Å²) in [6, 6.07) is 14.5. The van der Waals surface area contributed by atoms with E-state index in [1.165, 1.54) is 0 Å². The summed E-state index contributed by atoms with van der Waals surface area (Å²) in [7, 11) is 0. The number of benzene rings is 1. The molecule has 2 aromatic heterocycles. The predicted molar refractivity (Wildman–Crippen MR) is 83.3 cm³/mol. The molecule has 2 heterocycles. The van der Waals surface area contributed by atoms with Crippen LogP contribution in [-0.4, -0.2) is 9.97 Å². The number of alkyl halides is 3. The van der Waals surface area contributed by atoms with E-state index < -0.39 is 11.9 Å². The van der Waals surface area contributed by atoms with Gasteiger partial charge in [0.1, 0.15) is 0 Å². The first-order valence-corrected chi connectivity index (χ1v) is 7.67. The number of halogens is 3. The monoisotopic (exact) mass is 335 g/mol. The SMILES string of the molecule is FC(F)(F)c1csc(NC(c2ccccc2)c2ccccn2)n1. The summed E-state index contributed by atoms with van der Waals surface area (Å²) in [5.74, 6) is 0. The van der Waals surface area contributed by atoms with Crippen LogP contribution in [0.2, 0.25) is 0 Å². The maximum atomic E-state index is 12.7. The molecule has 0 radical (unpaired) electrons. The molecule has 1 aromatic carbocycles. The fourth-order valence-electron chi connectivity index (χ4n) is 2.11. The highest BCUT2D eigenvalue weighted by Crippen LogP contribution is 2.33. The third-order valence-corrected chi connectivity index (χ3v) is 3.95. The van der Waals surface area contributed by atoms with Crippen LogP contribution in [0.15, 0.2) is 60.1 Å². The number of anilines is 1. The van der Waals surface area contributed by atoms with Gasteiger partial charge in [0.15, 0.2) is 10.8 Å².